The van der Waals surface area contributed by atoms with Crippen molar-refractivity contribution in [3.8, 4) is 0 Å². The largest absolute Gasteiger partial charge is 0.324 e. The zero-order valence-corrected chi connectivity index (χ0v) is 11.3. The Morgan fingerprint density at radius 2 is 2.24 bits per heavy atom. The second-order valence-electron chi connectivity index (χ2n) is 5.48. The molecule has 4 nitrogen and oxygen atoms in total. The highest BCUT2D eigenvalue weighted by Crippen LogP contribution is 2.24. The van der Waals surface area contributed by atoms with E-state index in [0.717, 1.165) is 32.6 Å². The molecule has 2 unspecified atom stereocenters. The number of hydrogen-bond donors (Lipinski definition) is 1. The van der Waals surface area contributed by atoms with Gasteiger partial charge in [-0.2, -0.15) is 0 Å². The molecule has 2 rings (SSSR count). The zero-order chi connectivity index (χ0) is 12.5. The average Bonchev–Trinajstić information content (AvgIpc) is 2.67. The van der Waals surface area contributed by atoms with Crippen LogP contribution in [0.25, 0.3) is 0 Å². The summed E-state index contributed by atoms with van der Waals surface area (Å²) in [5.74, 6) is 0.294. The van der Waals surface area contributed by atoms with Crippen molar-refractivity contribution in [2.75, 3.05) is 26.3 Å². The topological polar surface area (TPSA) is 35.6 Å². The molecule has 2 saturated heterocycles. The third-order valence-electron chi connectivity index (χ3n) is 4.45. The van der Waals surface area contributed by atoms with Gasteiger partial charge in [-0.3, -0.25) is 10.1 Å². The minimum Gasteiger partial charge on any atom is -0.324 e. The molecule has 2 fully saturated rings. The Balaban J connectivity index is 2.01. The summed E-state index contributed by atoms with van der Waals surface area (Å²) in [6.45, 7) is 10.4. The van der Waals surface area contributed by atoms with Gasteiger partial charge in [0.2, 0.25) is 5.91 Å². The molecule has 1 amide bonds. The Morgan fingerprint density at radius 1 is 1.47 bits per heavy atom. The molecular weight excluding hydrogens is 214 g/mol. The van der Waals surface area contributed by atoms with Gasteiger partial charge in [-0.25, -0.2) is 0 Å². The van der Waals surface area contributed by atoms with Crippen LogP contribution in [0.4, 0.5) is 0 Å². The molecule has 2 atom stereocenters. The van der Waals surface area contributed by atoms with E-state index in [4.69, 9.17) is 0 Å². The molecule has 4 heteroatoms. The lowest BCUT2D eigenvalue weighted by Gasteiger charge is -2.37. The number of rotatable bonds is 3. The van der Waals surface area contributed by atoms with Gasteiger partial charge in [0.25, 0.3) is 0 Å². The molecule has 98 valence electrons. The van der Waals surface area contributed by atoms with Crippen LogP contribution < -0.4 is 5.32 Å². The van der Waals surface area contributed by atoms with E-state index in [9.17, 15) is 4.79 Å². The summed E-state index contributed by atoms with van der Waals surface area (Å²) in [6.07, 6.45) is 3.24. The van der Waals surface area contributed by atoms with E-state index < -0.39 is 0 Å². The summed E-state index contributed by atoms with van der Waals surface area (Å²) in [6, 6.07) is 0.414. The molecule has 0 aromatic heterocycles. The maximum absolute atomic E-state index is 12.4. The van der Waals surface area contributed by atoms with Crippen molar-refractivity contribution in [3.63, 3.8) is 0 Å². The Labute approximate surface area is 104 Å². The Hall–Kier alpha value is -0.610. The van der Waals surface area contributed by atoms with E-state index in [2.05, 4.69) is 29.0 Å². The fourth-order valence-electron chi connectivity index (χ4n) is 2.87. The van der Waals surface area contributed by atoms with Gasteiger partial charge < -0.3 is 9.80 Å². The SMILES string of the molecule is CCN1CCCC(N2CNC(C)(CC)C2=O)C1. The zero-order valence-electron chi connectivity index (χ0n) is 11.3. The second kappa shape index (κ2) is 4.94. The van der Waals surface area contributed by atoms with Crippen LogP contribution in [0.2, 0.25) is 0 Å². The van der Waals surface area contributed by atoms with Crippen molar-refractivity contribution in [3.05, 3.63) is 0 Å². The number of piperidine rings is 1. The number of nitrogens with zero attached hydrogens (tertiary/aromatic N) is 2. The highest BCUT2D eigenvalue weighted by Gasteiger charge is 2.43. The first kappa shape index (κ1) is 12.8. The minimum atomic E-state index is -0.325. The number of carbonyl (C=O) groups is 1. The molecule has 1 N–H and O–H groups in total. The van der Waals surface area contributed by atoms with Gasteiger partial charge in [-0.1, -0.05) is 13.8 Å². The lowest BCUT2D eigenvalue weighted by molar-refractivity contribution is -0.134. The summed E-state index contributed by atoms with van der Waals surface area (Å²) in [4.78, 5) is 16.9. The van der Waals surface area contributed by atoms with E-state index in [-0.39, 0.29) is 5.54 Å². The smallest absolute Gasteiger partial charge is 0.243 e. The fraction of sp³-hybridized carbons (Fsp3) is 0.923. The van der Waals surface area contributed by atoms with E-state index >= 15 is 0 Å². The molecule has 2 aliphatic rings. The molecule has 0 aromatic carbocycles. The maximum Gasteiger partial charge on any atom is 0.243 e. The van der Waals surface area contributed by atoms with Crippen molar-refractivity contribution < 1.29 is 4.79 Å². The monoisotopic (exact) mass is 239 g/mol. The van der Waals surface area contributed by atoms with E-state index in [1.807, 2.05) is 6.92 Å². The molecule has 0 spiro atoms. The van der Waals surface area contributed by atoms with Gasteiger partial charge in [0, 0.05) is 12.6 Å². The summed E-state index contributed by atoms with van der Waals surface area (Å²) >= 11 is 0. The number of amides is 1. The molecule has 0 aromatic rings. The van der Waals surface area contributed by atoms with Crippen LogP contribution in [-0.4, -0.2) is 53.6 Å². The van der Waals surface area contributed by atoms with Crippen molar-refractivity contribution in [1.82, 2.24) is 15.1 Å². The van der Waals surface area contributed by atoms with Crippen molar-refractivity contribution in [2.24, 2.45) is 0 Å². The summed E-state index contributed by atoms with van der Waals surface area (Å²) in [7, 11) is 0. The first-order valence-electron chi connectivity index (χ1n) is 6.89. The quantitative estimate of drug-likeness (QED) is 0.799. The van der Waals surface area contributed by atoms with Gasteiger partial charge in [0.1, 0.15) is 0 Å². The minimum absolute atomic E-state index is 0.294. The lowest BCUT2D eigenvalue weighted by Crippen LogP contribution is -2.50. The molecule has 0 bridgehead atoms. The van der Waals surface area contributed by atoms with Crippen molar-refractivity contribution >= 4 is 5.91 Å². The van der Waals surface area contributed by atoms with Crippen LogP contribution in [0.1, 0.15) is 40.0 Å². The number of carbonyl (C=O) groups excluding carboxylic acids is 1. The predicted octanol–water partition coefficient (Wildman–Crippen LogP) is 1.03. The van der Waals surface area contributed by atoms with Gasteiger partial charge in [0.15, 0.2) is 0 Å². The highest BCUT2D eigenvalue weighted by molar-refractivity contribution is 5.88. The first-order chi connectivity index (χ1) is 8.10. The number of hydrogen-bond acceptors (Lipinski definition) is 3. The number of likely N-dealkylation sites (N-methyl/N-ethyl adjacent to an activating group) is 1. The van der Waals surface area contributed by atoms with E-state index in [1.165, 1.54) is 13.0 Å². The highest BCUT2D eigenvalue weighted by atomic mass is 16.2. The third-order valence-corrected chi connectivity index (χ3v) is 4.45. The van der Waals surface area contributed by atoms with Crippen LogP contribution in [0.3, 0.4) is 0 Å². The molecule has 0 aliphatic carbocycles. The van der Waals surface area contributed by atoms with Crippen LogP contribution >= 0.6 is 0 Å². The molecule has 0 radical (unpaired) electrons. The van der Waals surface area contributed by atoms with Gasteiger partial charge in [-0.15, -0.1) is 0 Å². The summed E-state index contributed by atoms with van der Waals surface area (Å²) < 4.78 is 0. The van der Waals surface area contributed by atoms with Crippen molar-refractivity contribution in [2.45, 2.75) is 51.6 Å². The fourth-order valence-corrected chi connectivity index (χ4v) is 2.87. The predicted molar refractivity (Wildman–Crippen MR) is 68.7 cm³/mol. The molecular formula is C13H25N3O. The standard InChI is InChI=1S/C13H25N3O/c1-4-13(3)12(17)16(10-14-13)11-7-6-8-15(5-2)9-11/h11,14H,4-10H2,1-3H3. The Kier molecular flexibility index (Phi) is 3.73. The summed E-state index contributed by atoms with van der Waals surface area (Å²) in [5, 5.41) is 3.37. The average molecular weight is 239 g/mol. The third kappa shape index (κ3) is 2.33. The molecule has 17 heavy (non-hydrogen) atoms. The number of likely N-dealkylation sites (tertiary alicyclic amines) is 1. The van der Waals surface area contributed by atoms with Gasteiger partial charge in [-0.05, 0) is 39.3 Å². The van der Waals surface area contributed by atoms with Gasteiger partial charge >= 0.3 is 0 Å². The molecule has 0 saturated carbocycles. The van der Waals surface area contributed by atoms with Crippen molar-refractivity contribution in [1.29, 1.82) is 0 Å². The maximum atomic E-state index is 12.4. The molecule has 2 heterocycles. The van der Waals surface area contributed by atoms with Crippen LogP contribution in [-0.2, 0) is 4.79 Å². The van der Waals surface area contributed by atoms with E-state index in [1.54, 1.807) is 0 Å². The Bertz CT molecular complexity index is 294. The van der Waals surface area contributed by atoms with Crippen LogP contribution in [0.15, 0.2) is 0 Å². The van der Waals surface area contributed by atoms with Gasteiger partial charge in [0.05, 0.1) is 12.2 Å². The van der Waals surface area contributed by atoms with E-state index in [0.29, 0.717) is 11.9 Å². The molecule has 2 aliphatic heterocycles. The number of nitrogens with one attached hydrogen (secondary N) is 1. The normalized spacial score (nSPS) is 35.6. The Morgan fingerprint density at radius 3 is 2.82 bits per heavy atom. The van der Waals surface area contributed by atoms with Crippen LogP contribution in [0, 0.1) is 0 Å². The first-order valence-corrected chi connectivity index (χ1v) is 6.89. The summed E-state index contributed by atoms with van der Waals surface area (Å²) in [5.41, 5.74) is -0.325. The lowest BCUT2D eigenvalue weighted by atomic mass is 9.97. The van der Waals surface area contributed by atoms with Crippen LogP contribution in [0.5, 0.6) is 0 Å². The second-order valence-corrected chi connectivity index (χ2v) is 5.48.